The Bertz CT molecular complexity index is 819. The van der Waals surface area contributed by atoms with E-state index < -0.39 is 4.92 Å². The number of carbonyl (C=O) groups is 1. The Balaban J connectivity index is 1.74. The Kier molecular flexibility index (Phi) is 6.44. The zero-order valence-corrected chi connectivity index (χ0v) is 15.7. The Morgan fingerprint density at radius 2 is 2.04 bits per heavy atom. The number of ether oxygens (including phenoxy) is 2. The van der Waals surface area contributed by atoms with Gasteiger partial charge in [0.2, 0.25) is 0 Å². The van der Waals surface area contributed by atoms with Gasteiger partial charge in [-0.1, -0.05) is 18.2 Å². The van der Waals surface area contributed by atoms with Crippen LogP contribution in [0.25, 0.3) is 0 Å². The van der Waals surface area contributed by atoms with Gasteiger partial charge in [0.15, 0.2) is 0 Å². The van der Waals surface area contributed by atoms with E-state index in [9.17, 15) is 14.9 Å². The quantitative estimate of drug-likeness (QED) is 0.578. The lowest BCUT2D eigenvalue weighted by Gasteiger charge is -2.26. The average molecular weight is 385 g/mol. The highest BCUT2D eigenvalue weighted by atomic mass is 16.6. The summed E-state index contributed by atoms with van der Waals surface area (Å²) >= 11 is 0. The summed E-state index contributed by atoms with van der Waals surface area (Å²) in [6.45, 7) is 1.52. The molecule has 3 rings (SSSR count). The second kappa shape index (κ2) is 9.18. The summed E-state index contributed by atoms with van der Waals surface area (Å²) in [5.74, 6) is 0.711. The zero-order valence-electron chi connectivity index (χ0n) is 15.7. The summed E-state index contributed by atoms with van der Waals surface area (Å²) in [5, 5.41) is 13.6. The van der Waals surface area contributed by atoms with Gasteiger partial charge in [0.1, 0.15) is 5.75 Å². The molecule has 1 fully saturated rings. The van der Waals surface area contributed by atoms with Crippen molar-refractivity contribution in [1.82, 2.24) is 4.90 Å². The van der Waals surface area contributed by atoms with E-state index in [4.69, 9.17) is 9.47 Å². The van der Waals surface area contributed by atoms with Crippen molar-refractivity contribution in [3.05, 3.63) is 64.2 Å². The lowest BCUT2D eigenvalue weighted by Crippen LogP contribution is -2.39. The van der Waals surface area contributed by atoms with Gasteiger partial charge in [0.05, 0.1) is 24.7 Å². The van der Waals surface area contributed by atoms with E-state index in [2.05, 4.69) is 5.32 Å². The second-order valence-corrected chi connectivity index (χ2v) is 6.56. The number of para-hydroxylation sites is 1. The molecule has 1 unspecified atom stereocenters. The lowest BCUT2D eigenvalue weighted by molar-refractivity contribution is -0.384. The number of non-ortho nitro benzene ring substituents is 1. The van der Waals surface area contributed by atoms with Crippen molar-refractivity contribution < 1.29 is 19.2 Å². The van der Waals surface area contributed by atoms with Crippen LogP contribution in [0.2, 0.25) is 0 Å². The van der Waals surface area contributed by atoms with Crippen LogP contribution >= 0.6 is 0 Å². The van der Waals surface area contributed by atoms with Gasteiger partial charge in [-0.25, -0.2) is 4.79 Å². The summed E-state index contributed by atoms with van der Waals surface area (Å²) in [6.07, 6.45) is 1.89. The van der Waals surface area contributed by atoms with Gasteiger partial charge < -0.3 is 19.7 Å². The van der Waals surface area contributed by atoms with E-state index in [1.54, 1.807) is 12.0 Å². The maximum absolute atomic E-state index is 12.9. The van der Waals surface area contributed by atoms with E-state index >= 15 is 0 Å². The molecule has 1 aliphatic rings. The SMILES string of the molecule is COc1ccccc1CN(CC1CCCO1)C(=O)Nc1ccc([N+](=O)[O-])cc1. The first-order valence-corrected chi connectivity index (χ1v) is 9.10. The molecule has 148 valence electrons. The number of hydrogen-bond acceptors (Lipinski definition) is 5. The molecule has 0 spiro atoms. The first-order chi connectivity index (χ1) is 13.6. The minimum Gasteiger partial charge on any atom is -0.496 e. The van der Waals surface area contributed by atoms with Gasteiger partial charge in [-0.3, -0.25) is 10.1 Å². The molecular formula is C20H23N3O5. The van der Waals surface area contributed by atoms with Crippen LogP contribution in [-0.4, -0.2) is 42.2 Å². The topological polar surface area (TPSA) is 93.9 Å². The molecule has 2 amide bonds. The molecule has 0 aliphatic carbocycles. The molecule has 2 aromatic rings. The number of rotatable bonds is 7. The highest BCUT2D eigenvalue weighted by Crippen LogP contribution is 2.22. The largest absolute Gasteiger partial charge is 0.496 e. The minimum absolute atomic E-state index is 0.00248. The van der Waals surface area contributed by atoms with E-state index in [0.717, 1.165) is 18.4 Å². The fourth-order valence-electron chi connectivity index (χ4n) is 3.16. The predicted octanol–water partition coefficient (Wildman–Crippen LogP) is 3.82. The van der Waals surface area contributed by atoms with Crippen LogP contribution in [0.1, 0.15) is 18.4 Å². The van der Waals surface area contributed by atoms with Crippen molar-refractivity contribution >= 4 is 17.4 Å². The Morgan fingerprint density at radius 3 is 2.68 bits per heavy atom. The van der Waals surface area contributed by atoms with E-state index in [0.29, 0.717) is 31.1 Å². The molecule has 1 N–H and O–H groups in total. The van der Waals surface area contributed by atoms with Crippen LogP contribution in [0.5, 0.6) is 5.75 Å². The van der Waals surface area contributed by atoms with Crippen molar-refractivity contribution in [1.29, 1.82) is 0 Å². The number of nitro groups is 1. The molecule has 1 atom stereocenters. The summed E-state index contributed by atoms with van der Waals surface area (Å²) < 4.78 is 11.1. The average Bonchev–Trinajstić information content (AvgIpc) is 3.21. The number of carbonyl (C=O) groups excluding carboxylic acids is 1. The van der Waals surface area contributed by atoms with Crippen LogP contribution in [-0.2, 0) is 11.3 Å². The van der Waals surface area contributed by atoms with Crippen LogP contribution in [0.3, 0.4) is 0 Å². The van der Waals surface area contributed by atoms with E-state index in [1.807, 2.05) is 24.3 Å². The molecule has 28 heavy (non-hydrogen) atoms. The number of methoxy groups -OCH3 is 1. The highest BCUT2D eigenvalue weighted by Gasteiger charge is 2.24. The molecule has 0 saturated carbocycles. The molecule has 1 aliphatic heterocycles. The third-order valence-electron chi connectivity index (χ3n) is 4.62. The van der Waals surface area contributed by atoms with Crippen LogP contribution in [0.15, 0.2) is 48.5 Å². The molecular weight excluding hydrogens is 362 g/mol. The van der Waals surface area contributed by atoms with Gasteiger partial charge in [0.25, 0.3) is 5.69 Å². The number of amides is 2. The summed E-state index contributed by atoms with van der Waals surface area (Å²) in [7, 11) is 1.60. The first-order valence-electron chi connectivity index (χ1n) is 9.10. The van der Waals surface area contributed by atoms with E-state index in [-0.39, 0.29) is 17.8 Å². The fraction of sp³-hybridized carbons (Fsp3) is 0.350. The number of urea groups is 1. The van der Waals surface area contributed by atoms with Crippen LogP contribution in [0.4, 0.5) is 16.2 Å². The first kappa shape index (κ1) is 19.6. The fourth-order valence-corrected chi connectivity index (χ4v) is 3.16. The van der Waals surface area contributed by atoms with Gasteiger partial charge in [-0.05, 0) is 31.0 Å². The van der Waals surface area contributed by atoms with Crippen molar-refractivity contribution in [3.8, 4) is 5.75 Å². The number of hydrogen-bond donors (Lipinski definition) is 1. The molecule has 0 aromatic heterocycles. The number of nitrogens with zero attached hydrogens (tertiary/aromatic N) is 2. The van der Waals surface area contributed by atoms with Gasteiger partial charge in [0, 0.05) is 36.5 Å². The maximum Gasteiger partial charge on any atom is 0.322 e. The maximum atomic E-state index is 12.9. The van der Waals surface area contributed by atoms with Crippen molar-refractivity contribution in [3.63, 3.8) is 0 Å². The third kappa shape index (κ3) is 4.98. The Labute approximate surface area is 163 Å². The predicted molar refractivity (Wildman–Crippen MR) is 104 cm³/mol. The minimum atomic E-state index is -0.475. The second-order valence-electron chi connectivity index (χ2n) is 6.56. The summed E-state index contributed by atoms with van der Waals surface area (Å²) in [6, 6.07) is 13.0. The molecule has 1 saturated heterocycles. The molecule has 0 bridgehead atoms. The lowest BCUT2D eigenvalue weighted by atomic mass is 10.1. The van der Waals surface area contributed by atoms with Crippen molar-refractivity contribution in [2.45, 2.75) is 25.5 Å². The summed E-state index contributed by atoms with van der Waals surface area (Å²) in [4.78, 5) is 24.9. The van der Waals surface area contributed by atoms with Gasteiger partial charge in [-0.15, -0.1) is 0 Å². The van der Waals surface area contributed by atoms with Crippen LogP contribution in [0, 0.1) is 10.1 Å². The molecule has 8 heteroatoms. The molecule has 1 heterocycles. The van der Waals surface area contributed by atoms with Crippen LogP contribution < -0.4 is 10.1 Å². The zero-order chi connectivity index (χ0) is 19.9. The van der Waals surface area contributed by atoms with Gasteiger partial charge in [-0.2, -0.15) is 0 Å². The van der Waals surface area contributed by atoms with Crippen molar-refractivity contribution in [2.24, 2.45) is 0 Å². The number of benzene rings is 2. The number of nitrogens with one attached hydrogen (secondary N) is 1. The number of anilines is 1. The smallest absolute Gasteiger partial charge is 0.322 e. The summed E-state index contributed by atoms with van der Waals surface area (Å²) in [5.41, 5.74) is 1.36. The van der Waals surface area contributed by atoms with Gasteiger partial charge >= 0.3 is 6.03 Å². The molecule has 8 nitrogen and oxygen atoms in total. The third-order valence-corrected chi connectivity index (χ3v) is 4.62. The normalized spacial score (nSPS) is 15.8. The monoisotopic (exact) mass is 385 g/mol. The number of nitro benzene ring substituents is 1. The molecule has 2 aromatic carbocycles. The highest BCUT2D eigenvalue weighted by molar-refractivity contribution is 5.89. The Morgan fingerprint density at radius 1 is 1.29 bits per heavy atom. The van der Waals surface area contributed by atoms with Crippen molar-refractivity contribution in [2.75, 3.05) is 25.6 Å². The van der Waals surface area contributed by atoms with E-state index in [1.165, 1.54) is 24.3 Å². The standard InChI is InChI=1S/C20H23N3O5/c1-27-19-7-3-2-5-15(19)13-22(14-18-6-4-12-28-18)20(24)21-16-8-10-17(11-9-16)23(25)26/h2-3,5,7-11,18H,4,6,12-14H2,1H3,(H,21,24). The molecule has 0 radical (unpaired) electrons. The Hall–Kier alpha value is -3.13.